The van der Waals surface area contributed by atoms with Crippen LogP contribution < -0.4 is 10.1 Å². The Morgan fingerprint density at radius 3 is 2.88 bits per heavy atom. The molecule has 0 aliphatic carbocycles. The number of carbonyl (C=O) groups is 1. The molecule has 4 nitrogen and oxygen atoms in total. The van der Waals surface area contributed by atoms with Gasteiger partial charge in [-0.25, -0.2) is 0 Å². The summed E-state index contributed by atoms with van der Waals surface area (Å²) in [6.07, 6.45) is 1.48. The number of pyridine rings is 1. The molecule has 0 aliphatic heterocycles. The third-order valence-electron chi connectivity index (χ3n) is 2.46. The van der Waals surface area contributed by atoms with Crippen LogP contribution >= 0.6 is 11.6 Å². The number of methoxy groups -OCH3 is 1. The van der Waals surface area contributed by atoms with Gasteiger partial charge in [0.1, 0.15) is 11.3 Å². The quantitative estimate of drug-likeness (QED) is 0.890. The maximum atomic E-state index is 11.6. The van der Waals surface area contributed by atoms with Crippen LogP contribution in [0.5, 0.6) is 5.75 Å². The Kier molecular flexibility index (Phi) is 3.15. The van der Waals surface area contributed by atoms with Gasteiger partial charge in [-0.05, 0) is 18.2 Å². The van der Waals surface area contributed by atoms with E-state index in [1.807, 2.05) is 0 Å². The van der Waals surface area contributed by atoms with Crippen molar-refractivity contribution in [1.29, 1.82) is 0 Å². The molecule has 1 aromatic carbocycles. The van der Waals surface area contributed by atoms with Crippen LogP contribution in [0.3, 0.4) is 0 Å². The molecule has 88 valence electrons. The number of nitrogens with zero attached hydrogens (tertiary/aromatic N) is 1. The van der Waals surface area contributed by atoms with Gasteiger partial charge in [0.25, 0.3) is 5.91 Å². The van der Waals surface area contributed by atoms with Crippen molar-refractivity contribution in [2.24, 2.45) is 0 Å². The molecule has 0 atom stereocenters. The number of rotatable bonds is 2. The Labute approximate surface area is 104 Å². The van der Waals surface area contributed by atoms with Crippen LogP contribution in [0.1, 0.15) is 10.4 Å². The summed E-state index contributed by atoms with van der Waals surface area (Å²) in [4.78, 5) is 15.8. The topological polar surface area (TPSA) is 51.2 Å². The van der Waals surface area contributed by atoms with Gasteiger partial charge in [-0.3, -0.25) is 9.78 Å². The van der Waals surface area contributed by atoms with E-state index in [0.29, 0.717) is 21.9 Å². The Morgan fingerprint density at radius 2 is 2.24 bits per heavy atom. The average molecular weight is 251 g/mol. The minimum atomic E-state index is -0.230. The summed E-state index contributed by atoms with van der Waals surface area (Å²) >= 11 is 5.88. The normalized spacial score (nSPS) is 10.3. The highest BCUT2D eigenvalue weighted by atomic mass is 35.5. The number of nitrogens with one attached hydrogen (secondary N) is 1. The van der Waals surface area contributed by atoms with Crippen molar-refractivity contribution in [2.75, 3.05) is 14.2 Å². The zero-order valence-corrected chi connectivity index (χ0v) is 10.2. The van der Waals surface area contributed by atoms with E-state index in [1.165, 1.54) is 13.3 Å². The molecule has 1 N–H and O–H groups in total. The van der Waals surface area contributed by atoms with Gasteiger partial charge in [0.05, 0.1) is 12.6 Å². The second-order valence-electron chi connectivity index (χ2n) is 3.45. The molecule has 17 heavy (non-hydrogen) atoms. The van der Waals surface area contributed by atoms with E-state index < -0.39 is 0 Å². The van der Waals surface area contributed by atoms with Gasteiger partial charge >= 0.3 is 0 Å². The fourth-order valence-corrected chi connectivity index (χ4v) is 1.82. The fourth-order valence-electron chi connectivity index (χ4n) is 1.66. The van der Waals surface area contributed by atoms with Crippen LogP contribution in [-0.4, -0.2) is 25.0 Å². The summed E-state index contributed by atoms with van der Waals surface area (Å²) < 4.78 is 5.28. The first-order chi connectivity index (χ1) is 8.17. The van der Waals surface area contributed by atoms with Crippen LogP contribution in [0.25, 0.3) is 10.9 Å². The highest BCUT2D eigenvalue weighted by molar-refractivity contribution is 6.31. The number of amides is 1. The highest BCUT2D eigenvalue weighted by Crippen LogP contribution is 2.29. The number of fused-ring (bicyclic) bond motifs is 1. The van der Waals surface area contributed by atoms with E-state index >= 15 is 0 Å². The lowest BCUT2D eigenvalue weighted by atomic mass is 10.1. The average Bonchev–Trinajstić information content (AvgIpc) is 2.36. The largest absolute Gasteiger partial charge is 0.495 e. The molecule has 1 aromatic heterocycles. The summed E-state index contributed by atoms with van der Waals surface area (Å²) in [5.74, 6) is 0.275. The van der Waals surface area contributed by atoms with Crippen molar-refractivity contribution in [3.05, 3.63) is 35.0 Å². The number of ether oxygens (including phenoxy) is 1. The molecule has 0 saturated heterocycles. The van der Waals surface area contributed by atoms with Crippen molar-refractivity contribution in [1.82, 2.24) is 10.3 Å². The lowest BCUT2D eigenvalue weighted by Crippen LogP contribution is -2.19. The van der Waals surface area contributed by atoms with Crippen molar-refractivity contribution in [3.63, 3.8) is 0 Å². The molecule has 0 unspecified atom stereocenters. The lowest BCUT2D eigenvalue weighted by Gasteiger charge is -2.10. The molecule has 1 amide bonds. The van der Waals surface area contributed by atoms with Crippen LogP contribution in [0, 0.1) is 0 Å². The first kappa shape index (κ1) is 11.7. The van der Waals surface area contributed by atoms with Gasteiger partial charge in [0, 0.05) is 23.7 Å². The molecule has 0 bridgehead atoms. The molecule has 2 rings (SSSR count). The van der Waals surface area contributed by atoms with E-state index in [0.717, 1.165) is 5.39 Å². The molecule has 0 spiro atoms. The number of hydrogen-bond donors (Lipinski definition) is 1. The molecule has 1 heterocycles. The number of benzene rings is 1. The predicted molar refractivity (Wildman–Crippen MR) is 66.7 cm³/mol. The third kappa shape index (κ3) is 2.03. The Balaban J connectivity index is 2.73. The molecule has 0 aliphatic rings. The van der Waals surface area contributed by atoms with Crippen LogP contribution in [0.4, 0.5) is 0 Å². The molecule has 0 fully saturated rings. The Morgan fingerprint density at radius 1 is 1.47 bits per heavy atom. The number of aromatic nitrogens is 1. The Hall–Kier alpha value is -1.81. The fraction of sp³-hybridized carbons (Fsp3) is 0.167. The summed E-state index contributed by atoms with van der Waals surface area (Å²) in [5, 5.41) is 3.91. The van der Waals surface area contributed by atoms with E-state index in [-0.39, 0.29) is 5.91 Å². The van der Waals surface area contributed by atoms with Gasteiger partial charge in [-0.15, -0.1) is 0 Å². The maximum Gasteiger partial charge on any atom is 0.256 e. The number of halogens is 1. The summed E-state index contributed by atoms with van der Waals surface area (Å²) in [7, 11) is 3.09. The summed E-state index contributed by atoms with van der Waals surface area (Å²) in [6.45, 7) is 0. The summed E-state index contributed by atoms with van der Waals surface area (Å²) in [5.41, 5.74) is 1.10. The predicted octanol–water partition coefficient (Wildman–Crippen LogP) is 2.26. The molecular weight excluding hydrogens is 240 g/mol. The van der Waals surface area contributed by atoms with Gasteiger partial charge < -0.3 is 10.1 Å². The maximum absolute atomic E-state index is 11.6. The first-order valence-electron chi connectivity index (χ1n) is 5.01. The standard InChI is InChI=1S/C12H11ClN2O2/c1-14-12(16)9-6-15-10-5-7(13)3-4-8(10)11(9)17-2/h3-6H,1-2H3,(H,14,16). The zero-order valence-electron chi connectivity index (χ0n) is 9.45. The van der Waals surface area contributed by atoms with Gasteiger partial charge in [0.2, 0.25) is 0 Å². The van der Waals surface area contributed by atoms with Crippen molar-refractivity contribution in [3.8, 4) is 5.75 Å². The zero-order chi connectivity index (χ0) is 12.4. The minimum Gasteiger partial charge on any atom is -0.495 e. The highest BCUT2D eigenvalue weighted by Gasteiger charge is 2.14. The van der Waals surface area contributed by atoms with Crippen LogP contribution in [0.2, 0.25) is 5.02 Å². The van der Waals surface area contributed by atoms with E-state index in [1.54, 1.807) is 25.2 Å². The van der Waals surface area contributed by atoms with Gasteiger partial charge in [-0.2, -0.15) is 0 Å². The minimum absolute atomic E-state index is 0.230. The second-order valence-corrected chi connectivity index (χ2v) is 3.88. The SMILES string of the molecule is CNC(=O)c1cnc2cc(Cl)ccc2c1OC. The summed E-state index contributed by atoms with van der Waals surface area (Å²) in [6, 6.07) is 5.25. The first-order valence-corrected chi connectivity index (χ1v) is 5.39. The number of carbonyl (C=O) groups excluding carboxylic acids is 1. The van der Waals surface area contributed by atoms with Crippen molar-refractivity contribution >= 4 is 28.4 Å². The van der Waals surface area contributed by atoms with Crippen LogP contribution in [-0.2, 0) is 0 Å². The van der Waals surface area contributed by atoms with Gasteiger partial charge in [-0.1, -0.05) is 11.6 Å². The van der Waals surface area contributed by atoms with Crippen molar-refractivity contribution < 1.29 is 9.53 Å². The van der Waals surface area contributed by atoms with Gasteiger partial charge in [0.15, 0.2) is 0 Å². The van der Waals surface area contributed by atoms with E-state index in [2.05, 4.69) is 10.3 Å². The Bertz CT molecular complexity index is 584. The molecule has 0 saturated carbocycles. The lowest BCUT2D eigenvalue weighted by molar-refractivity contribution is 0.0960. The second kappa shape index (κ2) is 4.59. The molecule has 5 heteroatoms. The smallest absolute Gasteiger partial charge is 0.256 e. The molecule has 2 aromatic rings. The molecular formula is C12H11ClN2O2. The monoisotopic (exact) mass is 250 g/mol. The number of hydrogen-bond acceptors (Lipinski definition) is 3. The van der Waals surface area contributed by atoms with Crippen LogP contribution in [0.15, 0.2) is 24.4 Å². The third-order valence-corrected chi connectivity index (χ3v) is 2.69. The van der Waals surface area contributed by atoms with Crippen molar-refractivity contribution in [2.45, 2.75) is 0 Å². The molecule has 0 radical (unpaired) electrons. The van der Waals surface area contributed by atoms with E-state index in [4.69, 9.17) is 16.3 Å². The van der Waals surface area contributed by atoms with E-state index in [9.17, 15) is 4.79 Å².